The first-order valence-corrected chi connectivity index (χ1v) is 14.9. The number of ether oxygens (including phenoxy) is 2. The van der Waals surface area contributed by atoms with Gasteiger partial charge in [0.15, 0.2) is 0 Å². The van der Waals surface area contributed by atoms with Crippen LogP contribution in [-0.2, 0) is 11.8 Å². The van der Waals surface area contributed by atoms with Crippen molar-refractivity contribution in [3.05, 3.63) is 59.7 Å². The Morgan fingerprint density at radius 3 is 1.90 bits per heavy atom. The topological polar surface area (TPSA) is 77.0 Å². The zero-order valence-corrected chi connectivity index (χ0v) is 26.4. The van der Waals surface area contributed by atoms with E-state index in [1.54, 1.807) is 14.2 Å². The number of methoxy groups -OCH3 is 2. The highest BCUT2D eigenvalue weighted by molar-refractivity contribution is 5.85. The van der Waals surface area contributed by atoms with Crippen LogP contribution in [0.2, 0.25) is 0 Å². The summed E-state index contributed by atoms with van der Waals surface area (Å²) in [6, 6.07) is 19.3. The summed E-state index contributed by atoms with van der Waals surface area (Å²) >= 11 is 0. The van der Waals surface area contributed by atoms with Gasteiger partial charge in [0.2, 0.25) is 0 Å². The van der Waals surface area contributed by atoms with Crippen molar-refractivity contribution in [2.45, 2.75) is 102 Å². The second-order valence-electron chi connectivity index (χ2n) is 10.9. The van der Waals surface area contributed by atoms with Gasteiger partial charge in [-0.05, 0) is 74.7 Å². The predicted octanol–water partition coefficient (Wildman–Crippen LogP) is 8.33. The highest BCUT2D eigenvalue weighted by Gasteiger charge is 2.32. The molecule has 2 N–H and O–H groups in total. The van der Waals surface area contributed by atoms with Crippen LogP contribution in [0.15, 0.2) is 48.5 Å². The fourth-order valence-corrected chi connectivity index (χ4v) is 5.34. The van der Waals surface area contributed by atoms with E-state index in [4.69, 9.17) is 9.47 Å². The maximum Gasteiger partial charge on any atom is 0.119 e. The summed E-state index contributed by atoms with van der Waals surface area (Å²) in [6.07, 6.45) is 16.9. The number of likely N-dealkylation sites (N-methyl/N-ethyl adjacent to an activating group) is 1. The molecule has 1 unspecified atom stereocenters. The van der Waals surface area contributed by atoms with Crippen LogP contribution in [0.5, 0.6) is 11.5 Å². The average molecular weight is 575 g/mol. The molecule has 0 fully saturated rings. The largest absolute Gasteiger partial charge is 0.497 e. The summed E-state index contributed by atoms with van der Waals surface area (Å²) in [4.78, 5) is 2.38. The summed E-state index contributed by atoms with van der Waals surface area (Å²) in [5, 5.41) is 10.5. The lowest BCUT2D eigenvalue weighted by Crippen LogP contribution is -2.28. The van der Waals surface area contributed by atoms with E-state index in [0.29, 0.717) is 0 Å². The molecule has 0 heterocycles. The molecule has 6 heteroatoms. The molecule has 0 saturated heterocycles. The monoisotopic (exact) mass is 574 g/mol. The first kappa shape index (κ1) is 37.7. The van der Waals surface area contributed by atoms with Crippen molar-refractivity contribution in [1.29, 1.82) is 5.26 Å². The Morgan fingerprint density at radius 1 is 0.750 bits per heavy atom. The van der Waals surface area contributed by atoms with Gasteiger partial charge in [-0.2, -0.15) is 5.26 Å². The smallest absolute Gasteiger partial charge is 0.119 e. The van der Waals surface area contributed by atoms with Gasteiger partial charge >= 0.3 is 0 Å². The standard InChI is InChI=1S/C34H52N2O2.ClH.H2O/c1-5-6-7-8-9-10-11-12-13-14-23-34(29-35,31-19-16-21-33(28-31)38-4)24-17-25-36(2)26-22-30-18-15-20-32(27-30)37-3;;/h15-16,18-21,27-28H,5-14,17,22-26H2,1-4H3;1H;1H2. The van der Waals surface area contributed by atoms with E-state index < -0.39 is 5.41 Å². The summed E-state index contributed by atoms with van der Waals surface area (Å²) in [5.74, 6) is 1.75. The van der Waals surface area contributed by atoms with Gasteiger partial charge in [-0.3, -0.25) is 0 Å². The van der Waals surface area contributed by atoms with E-state index in [1.165, 1.54) is 63.4 Å². The van der Waals surface area contributed by atoms with Crippen molar-refractivity contribution < 1.29 is 14.9 Å². The van der Waals surface area contributed by atoms with Crippen LogP contribution in [0.25, 0.3) is 0 Å². The van der Waals surface area contributed by atoms with E-state index >= 15 is 0 Å². The number of nitrogens with zero attached hydrogens (tertiary/aromatic N) is 2. The summed E-state index contributed by atoms with van der Waals surface area (Å²) < 4.78 is 10.9. The first-order chi connectivity index (χ1) is 18.6. The minimum absolute atomic E-state index is 0. The molecule has 40 heavy (non-hydrogen) atoms. The van der Waals surface area contributed by atoms with E-state index in [0.717, 1.165) is 62.3 Å². The Hall–Kier alpha value is -2.26. The second kappa shape index (κ2) is 22.4. The molecule has 0 aliphatic heterocycles. The molecule has 226 valence electrons. The Bertz CT molecular complexity index is 949. The van der Waals surface area contributed by atoms with Crippen molar-refractivity contribution in [2.75, 3.05) is 34.4 Å². The van der Waals surface area contributed by atoms with E-state index in [9.17, 15) is 5.26 Å². The molecular weight excluding hydrogens is 520 g/mol. The first-order valence-electron chi connectivity index (χ1n) is 14.9. The highest BCUT2D eigenvalue weighted by Crippen LogP contribution is 2.36. The van der Waals surface area contributed by atoms with Gasteiger partial charge in [0.1, 0.15) is 11.5 Å². The predicted molar refractivity (Wildman–Crippen MR) is 171 cm³/mol. The number of unbranched alkanes of at least 4 members (excludes halogenated alkanes) is 9. The van der Waals surface area contributed by atoms with Gasteiger partial charge in [-0.15, -0.1) is 12.4 Å². The van der Waals surface area contributed by atoms with Crippen LogP contribution in [0.3, 0.4) is 0 Å². The molecule has 0 saturated carbocycles. The molecule has 0 amide bonds. The molecule has 2 aromatic rings. The molecule has 1 atom stereocenters. The third-order valence-corrected chi connectivity index (χ3v) is 7.85. The minimum Gasteiger partial charge on any atom is -0.497 e. The normalized spacial score (nSPS) is 12.1. The molecule has 0 aromatic heterocycles. The third kappa shape index (κ3) is 13.9. The van der Waals surface area contributed by atoms with Crippen molar-refractivity contribution in [3.63, 3.8) is 0 Å². The van der Waals surface area contributed by atoms with Crippen LogP contribution in [0, 0.1) is 11.3 Å². The minimum atomic E-state index is -0.456. The molecular formula is C34H55ClN2O3. The second-order valence-corrected chi connectivity index (χ2v) is 10.9. The van der Waals surface area contributed by atoms with E-state index in [1.807, 2.05) is 18.2 Å². The van der Waals surface area contributed by atoms with Gasteiger partial charge < -0.3 is 19.8 Å². The number of hydrogen-bond acceptors (Lipinski definition) is 4. The van der Waals surface area contributed by atoms with Crippen LogP contribution >= 0.6 is 12.4 Å². The highest BCUT2D eigenvalue weighted by atomic mass is 35.5. The molecule has 2 rings (SSSR count). The van der Waals surface area contributed by atoms with Crippen LogP contribution in [-0.4, -0.2) is 44.7 Å². The quantitative estimate of drug-likeness (QED) is 0.140. The van der Waals surface area contributed by atoms with Gasteiger partial charge in [0.25, 0.3) is 0 Å². The van der Waals surface area contributed by atoms with Crippen molar-refractivity contribution in [2.24, 2.45) is 0 Å². The van der Waals surface area contributed by atoms with Crippen LogP contribution in [0.1, 0.15) is 102 Å². The van der Waals surface area contributed by atoms with Crippen molar-refractivity contribution in [3.8, 4) is 17.6 Å². The van der Waals surface area contributed by atoms with Crippen LogP contribution < -0.4 is 9.47 Å². The van der Waals surface area contributed by atoms with Crippen LogP contribution in [0.4, 0.5) is 0 Å². The fraction of sp³-hybridized carbons (Fsp3) is 0.618. The van der Waals surface area contributed by atoms with E-state index in [-0.39, 0.29) is 17.9 Å². The van der Waals surface area contributed by atoms with Crippen molar-refractivity contribution >= 4 is 12.4 Å². The summed E-state index contributed by atoms with van der Waals surface area (Å²) in [7, 11) is 5.60. The number of rotatable bonds is 21. The summed E-state index contributed by atoms with van der Waals surface area (Å²) in [5.41, 5.74) is 1.94. The molecule has 0 bridgehead atoms. The lowest BCUT2D eigenvalue weighted by molar-refractivity contribution is 0.309. The lowest BCUT2D eigenvalue weighted by Gasteiger charge is -2.29. The zero-order valence-electron chi connectivity index (χ0n) is 25.6. The Morgan fingerprint density at radius 2 is 1.30 bits per heavy atom. The maximum atomic E-state index is 10.5. The maximum absolute atomic E-state index is 10.5. The summed E-state index contributed by atoms with van der Waals surface area (Å²) in [6.45, 7) is 4.24. The van der Waals surface area contributed by atoms with Gasteiger partial charge in [-0.1, -0.05) is 95.4 Å². The van der Waals surface area contributed by atoms with Gasteiger partial charge in [0, 0.05) is 6.54 Å². The number of benzene rings is 2. The molecule has 0 radical (unpaired) electrons. The van der Waals surface area contributed by atoms with E-state index in [2.05, 4.69) is 55.3 Å². The fourth-order valence-electron chi connectivity index (χ4n) is 5.34. The van der Waals surface area contributed by atoms with Gasteiger partial charge in [-0.25, -0.2) is 0 Å². The number of hydrogen-bond donors (Lipinski definition) is 0. The van der Waals surface area contributed by atoms with Crippen molar-refractivity contribution in [1.82, 2.24) is 4.90 Å². The SMILES string of the molecule is CCCCCCCCCCCCC(C#N)(CCCN(C)CCc1cccc(OC)c1)c1cccc(OC)c1.Cl.O. The molecule has 5 nitrogen and oxygen atoms in total. The van der Waals surface area contributed by atoms with Gasteiger partial charge in [0.05, 0.1) is 25.7 Å². The molecule has 0 spiro atoms. The Kier molecular flexibility index (Phi) is 21.2. The molecule has 2 aromatic carbocycles. The third-order valence-electron chi connectivity index (χ3n) is 7.85. The molecule has 0 aliphatic rings. The number of nitriles is 1. The lowest BCUT2D eigenvalue weighted by atomic mass is 9.74. The Labute approximate surface area is 251 Å². The zero-order chi connectivity index (χ0) is 27.5. The number of halogens is 1. The molecule has 0 aliphatic carbocycles. The average Bonchev–Trinajstić information content (AvgIpc) is 2.96. The Balaban J connectivity index is 0.00000760.